The zero-order chi connectivity index (χ0) is 25.1. The maximum atomic E-state index is 13.4. The standard InChI is InChI=1S/C25H28N8O3/c1-16-12-22(31-30-16)29-21-9-5-7-18(27-21)20-14-32(10-11-36-20)25(35)15-33-19-8-4-3-6-17(19)28-23(33)13-24(34)26-2/h3-9,12,20H,10-11,13-15H2,1-2H3,(H,26,34)(H2,27,29,30,31). The topological polar surface area (TPSA) is 130 Å². The van der Waals surface area contributed by atoms with Gasteiger partial charge in [-0.2, -0.15) is 5.10 Å². The first kappa shape index (κ1) is 23.5. The first-order valence-corrected chi connectivity index (χ1v) is 11.8. The molecule has 5 rings (SSSR count). The van der Waals surface area contributed by atoms with Crippen molar-refractivity contribution in [1.82, 2.24) is 34.9 Å². The highest BCUT2D eigenvalue weighted by Crippen LogP contribution is 2.24. The number of rotatable bonds is 7. The number of hydrogen-bond donors (Lipinski definition) is 3. The minimum Gasteiger partial charge on any atom is -0.368 e. The molecule has 0 saturated carbocycles. The van der Waals surface area contributed by atoms with Gasteiger partial charge in [0, 0.05) is 25.4 Å². The van der Waals surface area contributed by atoms with Crippen LogP contribution in [-0.2, 0) is 27.3 Å². The summed E-state index contributed by atoms with van der Waals surface area (Å²) in [7, 11) is 1.59. The molecule has 186 valence electrons. The molecule has 4 aromatic rings. The Morgan fingerprint density at radius 1 is 1.14 bits per heavy atom. The van der Waals surface area contributed by atoms with E-state index in [-0.39, 0.29) is 30.9 Å². The van der Waals surface area contributed by atoms with Crippen molar-refractivity contribution in [1.29, 1.82) is 0 Å². The van der Waals surface area contributed by atoms with Gasteiger partial charge in [0.25, 0.3) is 0 Å². The van der Waals surface area contributed by atoms with Crippen LogP contribution in [0.1, 0.15) is 23.3 Å². The van der Waals surface area contributed by atoms with Crippen LogP contribution >= 0.6 is 0 Å². The van der Waals surface area contributed by atoms with Crippen molar-refractivity contribution >= 4 is 34.5 Å². The van der Waals surface area contributed by atoms with Gasteiger partial charge in [0.05, 0.1) is 36.3 Å². The molecule has 3 aromatic heterocycles. The van der Waals surface area contributed by atoms with Gasteiger partial charge < -0.3 is 24.8 Å². The van der Waals surface area contributed by atoms with Gasteiger partial charge in [-0.05, 0) is 31.2 Å². The monoisotopic (exact) mass is 488 g/mol. The van der Waals surface area contributed by atoms with E-state index in [9.17, 15) is 9.59 Å². The zero-order valence-electron chi connectivity index (χ0n) is 20.2. The molecular weight excluding hydrogens is 460 g/mol. The van der Waals surface area contributed by atoms with E-state index in [0.29, 0.717) is 37.2 Å². The summed E-state index contributed by atoms with van der Waals surface area (Å²) in [6.07, 6.45) is -0.251. The summed E-state index contributed by atoms with van der Waals surface area (Å²) in [6, 6.07) is 15.1. The highest BCUT2D eigenvalue weighted by atomic mass is 16.5. The number of nitrogens with one attached hydrogen (secondary N) is 3. The third-order valence-electron chi connectivity index (χ3n) is 6.11. The summed E-state index contributed by atoms with van der Waals surface area (Å²) in [4.78, 5) is 36.5. The number of hydrogen-bond acceptors (Lipinski definition) is 7. The van der Waals surface area contributed by atoms with Crippen molar-refractivity contribution < 1.29 is 14.3 Å². The summed E-state index contributed by atoms with van der Waals surface area (Å²) in [6.45, 7) is 3.29. The van der Waals surface area contributed by atoms with Gasteiger partial charge in [0.1, 0.15) is 24.3 Å². The number of amides is 2. The van der Waals surface area contributed by atoms with Crippen LogP contribution in [0.5, 0.6) is 0 Å². The van der Waals surface area contributed by atoms with Crippen LogP contribution in [0.2, 0.25) is 0 Å². The van der Waals surface area contributed by atoms with E-state index in [4.69, 9.17) is 4.74 Å². The predicted octanol–water partition coefficient (Wildman–Crippen LogP) is 2.10. The maximum absolute atomic E-state index is 13.4. The summed E-state index contributed by atoms with van der Waals surface area (Å²) in [5, 5.41) is 12.9. The summed E-state index contributed by atoms with van der Waals surface area (Å²) >= 11 is 0. The van der Waals surface area contributed by atoms with Crippen molar-refractivity contribution in [2.75, 3.05) is 32.1 Å². The summed E-state index contributed by atoms with van der Waals surface area (Å²) in [5.41, 5.74) is 3.26. The number of carbonyl (C=O) groups is 2. The first-order chi connectivity index (χ1) is 17.5. The van der Waals surface area contributed by atoms with E-state index >= 15 is 0 Å². The Morgan fingerprint density at radius 2 is 2.00 bits per heavy atom. The van der Waals surface area contributed by atoms with Crippen molar-refractivity contribution in [3.63, 3.8) is 0 Å². The molecule has 2 amide bonds. The molecule has 11 nitrogen and oxygen atoms in total. The van der Waals surface area contributed by atoms with Gasteiger partial charge >= 0.3 is 0 Å². The Bertz CT molecular complexity index is 1390. The van der Waals surface area contributed by atoms with Crippen molar-refractivity contribution in [3.05, 3.63) is 65.7 Å². The lowest BCUT2D eigenvalue weighted by atomic mass is 10.2. The molecule has 1 fully saturated rings. The molecule has 11 heteroatoms. The fourth-order valence-electron chi connectivity index (χ4n) is 4.27. The van der Waals surface area contributed by atoms with Crippen LogP contribution in [0.3, 0.4) is 0 Å². The second kappa shape index (κ2) is 10.2. The molecule has 0 radical (unpaired) electrons. The van der Waals surface area contributed by atoms with Crippen LogP contribution in [0.4, 0.5) is 11.6 Å². The van der Waals surface area contributed by atoms with Crippen LogP contribution < -0.4 is 10.6 Å². The van der Waals surface area contributed by atoms with Gasteiger partial charge in [-0.3, -0.25) is 14.7 Å². The van der Waals surface area contributed by atoms with Crippen LogP contribution in [0.15, 0.2) is 48.5 Å². The molecule has 1 aromatic carbocycles. The normalized spacial score (nSPS) is 15.7. The molecule has 1 saturated heterocycles. The largest absolute Gasteiger partial charge is 0.368 e. The SMILES string of the molecule is CNC(=O)Cc1nc2ccccc2n1CC(=O)N1CCOC(c2cccc(Nc3cc(C)[nH]n3)n2)C1. The second-order valence-corrected chi connectivity index (χ2v) is 8.66. The zero-order valence-corrected chi connectivity index (χ0v) is 20.2. The average Bonchev–Trinajstić information content (AvgIpc) is 3.46. The molecule has 0 spiro atoms. The van der Waals surface area contributed by atoms with E-state index in [1.807, 2.05) is 60.0 Å². The van der Waals surface area contributed by atoms with Gasteiger partial charge in [-0.25, -0.2) is 9.97 Å². The fourth-order valence-corrected chi connectivity index (χ4v) is 4.27. The molecule has 1 unspecified atom stereocenters. The predicted molar refractivity (Wildman–Crippen MR) is 134 cm³/mol. The van der Waals surface area contributed by atoms with E-state index < -0.39 is 0 Å². The fraction of sp³-hybridized carbons (Fsp3) is 0.320. The van der Waals surface area contributed by atoms with Crippen LogP contribution in [0.25, 0.3) is 11.0 Å². The number of ether oxygens (including phenoxy) is 1. The van der Waals surface area contributed by atoms with E-state index in [0.717, 1.165) is 22.4 Å². The number of fused-ring (bicyclic) bond motifs is 1. The minimum absolute atomic E-state index is 0.0640. The molecule has 1 aliphatic heterocycles. The number of aromatic nitrogens is 5. The number of likely N-dealkylation sites (N-methyl/N-ethyl adjacent to an activating group) is 1. The summed E-state index contributed by atoms with van der Waals surface area (Å²) < 4.78 is 7.80. The number of para-hydroxylation sites is 2. The number of imidazole rings is 1. The molecule has 3 N–H and O–H groups in total. The molecular formula is C25H28N8O3. The average molecular weight is 489 g/mol. The minimum atomic E-state index is -0.352. The smallest absolute Gasteiger partial charge is 0.242 e. The Labute approximate surface area is 207 Å². The van der Waals surface area contributed by atoms with E-state index in [1.54, 1.807) is 11.9 Å². The van der Waals surface area contributed by atoms with Gasteiger partial charge in [-0.15, -0.1) is 0 Å². The molecule has 1 aliphatic rings. The number of aryl methyl sites for hydroxylation is 1. The number of pyridine rings is 1. The molecule has 0 bridgehead atoms. The molecule has 1 atom stereocenters. The van der Waals surface area contributed by atoms with Gasteiger partial charge in [-0.1, -0.05) is 18.2 Å². The lowest BCUT2D eigenvalue weighted by Gasteiger charge is -2.33. The van der Waals surface area contributed by atoms with Crippen molar-refractivity contribution in [2.45, 2.75) is 26.0 Å². The van der Waals surface area contributed by atoms with E-state index in [1.165, 1.54) is 0 Å². The Morgan fingerprint density at radius 3 is 2.81 bits per heavy atom. The number of aromatic amines is 1. The van der Waals surface area contributed by atoms with Crippen LogP contribution in [-0.4, -0.2) is 68.2 Å². The lowest BCUT2D eigenvalue weighted by Crippen LogP contribution is -2.44. The second-order valence-electron chi connectivity index (χ2n) is 8.66. The molecule has 4 heterocycles. The van der Waals surface area contributed by atoms with Crippen molar-refractivity contribution in [3.8, 4) is 0 Å². The third-order valence-corrected chi connectivity index (χ3v) is 6.11. The summed E-state index contributed by atoms with van der Waals surface area (Å²) in [5.74, 6) is 1.66. The number of morpholine rings is 1. The Balaban J connectivity index is 1.31. The van der Waals surface area contributed by atoms with Crippen molar-refractivity contribution in [2.24, 2.45) is 0 Å². The number of carbonyl (C=O) groups excluding carboxylic acids is 2. The lowest BCUT2D eigenvalue weighted by molar-refractivity contribution is -0.139. The maximum Gasteiger partial charge on any atom is 0.242 e. The van der Waals surface area contributed by atoms with E-state index in [2.05, 4.69) is 30.8 Å². The molecule has 36 heavy (non-hydrogen) atoms. The third kappa shape index (κ3) is 5.05. The van der Waals surface area contributed by atoms with Gasteiger partial charge in [0.2, 0.25) is 11.8 Å². The number of nitrogens with zero attached hydrogens (tertiary/aromatic N) is 5. The Hall–Kier alpha value is -4.25. The van der Waals surface area contributed by atoms with Crippen LogP contribution in [0, 0.1) is 6.92 Å². The number of benzene rings is 1. The first-order valence-electron chi connectivity index (χ1n) is 11.8. The quantitative estimate of drug-likeness (QED) is 0.363. The highest BCUT2D eigenvalue weighted by molar-refractivity contribution is 5.83. The van der Waals surface area contributed by atoms with Gasteiger partial charge in [0.15, 0.2) is 5.82 Å². The number of H-pyrrole nitrogens is 1. The Kier molecular flexibility index (Phi) is 6.63. The molecule has 0 aliphatic carbocycles. The highest BCUT2D eigenvalue weighted by Gasteiger charge is 2.27. The number of anilines is 2.